The number of ether oxygens (including phenoxy) is 1. The van der Waals surface area contributed by atoms with E-state index in [0.29, 0.717) is 25.7 Å². The van der Waals surface area contributed by atoms with Gasteiger partial charge in [-0.1, -0.05) is 18.2 Å². The Bertz CT molecular complexity index is 832. The second-order valence-corrected chi connectivity index (χ2v) is 7.56. The van der Waals surface area contributed by atoms with E-state index in [0.717, 1.165) is 30.5 Å². The van der Waals surface area contributed by atoms with Gasteiger partial charge in [0, 0.05) is 24.3 Å². The number of aliphatic imine (C=N–C) groups is 1. The smallest absolute Gasteiger partial charge is 0.193 e. The molecule has 0 unspecified atom stereocenters. The zero-order valence-electron chi connectivity index (χ0n) is 15.9. The Morgan fingerprint density at radius 2 is 1.79 bits per heavy atom. The van der Waals surface area contributed by atoms with Crippen molar-refractivity contribution in [3.05, 3.63) is 65.0 Å². The van der Waals surface area contributed by atoms with Gasteiger partial charge in [0.1, 0.15) is 5.82 Å². The summed E-state index contributed by atoms with van der Waals surface area (Å²) in [6.45, 7) is 1.93. The highest BCUT2D eigenvalue weighted by Gasteiger charge is 2.34. The van der Waals surface area contributed by atoms with E-state index < -0.39 is 0 Å². The number of fused-ring (bicyclic) bond motifs is 1. The summed E-state index contributed by atoms with van der Waals surface area (Å²) >= 11 is 0. The normalized spacial score (nSPS) is 18.2. The molecule has 0 amide bonds. The van der Waals surface area contributed by atoms with Gasteiger partial charge in [0.15, 0.2) is 5.96 Å². The van der Waals surface area contributed by atoms with E-state index in [1.165, 1.54) is 36.1 Å². The quantitative estimate of drug-likeness (QED) is 0.376. The first kappa shape index (κ1) is 21.0. The van der Waals surface area contributed by atoms with E-state index >= 15 is 0 Å². The molecular weight excluding hydrogens is 468 g/mol. The van der Waals surface area contributed by atoms with Gasteiger partial charge < -0.3 is 15.8 Å². The minimum absolute atomic E-state index is 0. The zero-order valence-corrected chi connectivity index (χ0v) is 18.2. The third-order valence-corrected chi connectivity index (χ3v) is 5.83. The van der Waals surface area contributed by atoms with Crippen molar-refractivity contribution in [2.24, 2.45) is 10.7 Å². The Balaban J connectivity index is 0.00000225. The van der Waals surface area contributed by atoms with Crippen molar-refractivity contribution in [1.29, 1.82) is 0 Å². The molecule has 1 aliphatic carbocycles. The van der Waals surface area contributed by atoms with Crippen molar-refractivity contribution < 1.29 is 9.13 Å². The molecule has 0 radical (unpaired) electrons. The van der Waals surface area contributed by atoms with Crippen LogP contribution < -0.4 is 11.1 Å². The van der Waals surface area contributed by atoms with Crippen LogP contribution in [0.3, 0.4) is 0 Å². The van der Waals surface area contributed by atoms with Crippen LogP contribution in [-0.2, 0) is 23.0 Å². The molecule has 2 aliphatic rings. The van der Waals surface area contributed by atoms with Crippen LogP contribution in [0.1, 0.15) is 36.0 Å². The van der Waals surface area contributed by atoms with Gasteiger partial charge in [-0.25, -0.2) is 4.39 Å². The summed E-state index contributed by atoms with van der Waals surface area (Å²) in [5.74, 6) is 0.197. The van der Waals surface area contributed by atoms with E-state index in [2.05, 4.69) is 28.5 Å². The average Bonchev–Trinajstić information content (AvgIpc) is 3.15. The van der Waals surface area contributed by atoms with E-state index in [1.807, 2.05) is 12.1 Å². The van der Waals surface area contributed by atoms with E-state index in [-0.39, 0.29) is 35.2 Å². The number of nitrogens with zero attached hydrogens (tertiary/aromatic N) is 1. The lowest BCUT2D eigenvalue weighted by Gasteiger charge is -2.36. The Hall–Kier alpha value is -1.67. The van der Waals surface area contributed by atoms with Gasteiger partial charge in [-0.15, -0.1) is 24.0 Å². The molecule has 28 heavy (non-hydrogen) atoms. The highest BCUT2D eigenvalue weighted by Crippen LogP contribution is 2.35. The Kier molecular flexibility index (Phi) is 6.93. The molecule has 150 valence electrons. The molecule has 1 saturated heterocycles. The molecular formula is C22H27FIN3O. The summed E-state index contributed by atoms with van der Waals surface area (Å²) < 4.78 is 18.9. The molecule has 1 aliphatic heterocycles. The highest BCUT2D eigenvalue weighted by molar-refractivity contribution is 14.0. The van der Waals surface area contributed by atoms with Gasteiger partial charge in [0.2, 0.25) is 0 Å². The van der Waals surface area contributed by atoms with Crippen molar-refractivity contribution in [1.82, 2.24) is 0 Å². The van der Waals surface area contributed by atoms with Crippen LogP contribution in [0.5, 0.6) is 0 Å². The summed E-state index contributed by atoms with van der Waals surface area (Å²) in [4.78, 5) is 4.64. The number of halogens is 2. The molecule has 2 aromatic rings. The molecule has 0 spiro atoms. The number of guanidine groups is 1. The predicted octanol–water partition coefficient (Wildman–Crippen LogP) is 4.41. The maximum atomic E-state index is 13.3. The fraction of sp³-hybridized carbons (Fsp3) is 0.409. The Labute approximate surface area is 182 Å². The second kappa shape index (κ2) is 9.22. The van der Waals surface area contributed by atoms with E-state index in [1.54, 1.807) is 0 Å². The van der Waals surface area contributed by atoms with Crippen LogP contribution in [0.2, 0.25) is 0 Å². The van der Waals surface area contributed by atoms with Crippen molar-refractivity contribution in [3.63, 3.8) is 0 Å². The lowest BCUT2D eigenvalue weighted by atomic mass is 9.74. The first-order valence-electron chi connectivity index (χ1n) is 9.67. The molecule has 4 rings (SSSR count). The molecule has 1 fully saturated rings. The number of nitrogens with two attached hydrogens (primary N) is 1. The summed E-state index contributed by atoms with van der Waals surface area (Å²) in [6, 6.07) is 13.2. The summed E-state index contributed by atoms with van der Waals surface area (Å²) in [5, 5.41) is 3.23. The number of rotatable bonds is 4. The Morgan fingerprint density at radius 3 is 2.54 bits per heavy atom. The molecule has 3 N–H and O–H groups in total. The van der Waals surface area contributed by atoms with Crippen LogP contribution in [0.15, 0.2) is 47.5 Å². The standard InChI is InChI=1S/C22H26FN3O.HI/c23-19-7-5-18(6-8-19)22(10-12-27-13-11-22)15-25-21(24)26-20-9-4-16-2-1-3-17(16)14-20;/h4-9,14H,1-3,10-13,15H2,(H3,24,25,26);1H. The zero-order chi connectivity index (χ0) is 18.7. The van der Waals surface area contributed by atoms with Gasteiger partial charge >= 0.3 is 0 Å². The number of aryl methyl sites for hydroxylation is 2. The summed E-state index contributed by atoms with van der Waals surface area (Å²) in [7, 11) is 0. The van der Waals surface area contributed by atoms with Gasteiger partial charge in [-0.3, -0.25) is 4.99 Å². The number of hydrogen-bond donors (Lipinski definition) is 2. The maximum Gasteiger partial charge on any atom is 0.193 e. The average molecular weight is 495 g/mol. The second-order valence-electron chi connectivity index (χ2n) is 7.56. The SMILES string of the molecule is I.NC(=NCC1(c2ccc(F)cc2)CCOCC1)Nc1ccc2c(c1)CCC2. The van der Waals surface area contributed by atoms with Crippen LogP contribution in [0.4, 0.5) is 10.1 Å². The summed E-state index contributed by atoms with van der Waals surface area (Å²) in [5.41, 5.74) is 10.9. The molecule has 0 saturated carbocycles. The largest absolute Gasteiger partial charge is 0.381 e. The van der Waals surface area contributed by atoms with E-state index in [4.69, 9.17) is 10.5 Å². The number of benzene rings is 2. The van der Waals surface area contributed by atoms with Gasteiger partial charge in [0.05, 0.1) is 6.54 Å². The van der Waals surface area contributed by atoms with Crippen LogP contribution in [-0.4, -0.2) is 25.7 Å². The minimum atomic E-state index is -0.220. The fourth-order valence-electron chi connectivity index (χ4n) is 4.18. The number of hydrogen-bond acceptors (Lipinski definition) is 2. The van der Waals surface area contributed by atoms with Crippen LogP contribution >= 0.6 is 24.0 Å². The van der Waals surface area contributed by atoms with Crippen molar-refractivity contribution in [2.75, 3.05) is 25.1 Å². The first-order valence-corrected chi connectivity index (χ1v) is 9.67. The predicted molar refractivity (Wildman–Crippen MR) is 122 cm³/mol. The molecule has 0 bridgehead atoms. The topological polar surface area (TPSA) is 59.6 Å². The van der Waals surface area contributed by atoms with E-state index in [9.17, 15) is 4.39 Å². The molecule has 0 aromatic heterocycles. The van der Waals surface area contributed by atoms with Gasteiger partial charge in [-0.05, 0) is 73.1 Å². The van der Waals surface area contributed by atoms with Gasteiger partial charge in [0.25, 0.3) is 0 Å². The van der Waals surface area contributed by atoms with Crippen LogP contribution in [0, 0.1) is 5.82 Å². The lowest BCUT2D eigenvalue weighted by molar-refractivity contribution is 0.0531. The molecule has 4 nitrogen and oxygen atoms in total. The maximum absolute atomic E-state index is 13.3. The Morgan fingerprint density at radius 1 is 1.07 bits per heavy atom. The highest BCUT2D eigenvalue weighted by atomic mass is 127. The fourth-order valence-corrected chi connectivity index (χ4v) is 4.18. The van der Waals surface area contributed by atoms with Crippen LogP contribution in [0.25, 0.3) is 0 Å². The molecule has 1 heterocycles. The summed E-state index contributed by atoms with van der Waals surface area (Å²) in [6.07, 6.45) is 5.24. The molecule has 2 aromatic carbocycles. The first-order chi connectivity index (χ1) is 13.1. The third-order valence-electron chi connectivity index (χ3n) is 5.83. The minimum Gasteiger partial charge on any atom is -0.381 e. The number of nitrogens with one attached hydrogen (secondary N) is 1. The molecule has 6 heteroatoms. The molecule has 0 atom stereocenters. The van der Waals surface area contributed by atoms with Crippen molar-refractivity contribution in [2.45, 2.75) is 37.5 Å². The van der Waals surface area contributed by atoms with Crippen molar-refractivity contribution >= 4 is 35.6 Å². The third kappa shape index (κ3) is 4.66. The van der Waals surface area contributed by atoms with Gasteiger partial charge in [-0.2, -0.15) is 0 Å². The van der Waals surface area contributed by atoms with Crippen molar-refractivity contribution in [3.8, 4) is 0 Å². The monoisotopic (exact) mass is 495 g/mol. The lowest BCUT2D eigenvalue weighted by Crippen LogP contribution is -2.38. The number of anilines is 1.